The lowest BCUT2D eigenvalue weighted by atomic mass is 10.1. The van der Waals surface area contributed by atoms with Crippen LogP contribution in [0, 0.1) is 5.82 Å². The highest BCUT2D eigenvalue weighted by Gasteiger charge is 2.14. The van der Waals surface area contributed by atoms with Gasteiger partial charge in [0.15, 0.2) is 0 Å². The van der Waals surface area contributed by atoms with Gasteiger partial charge in [0, 0.05) is 5.92 Å². The van der Waals surface area contributed by atoms with Crippen molar-refractivity contribution in [1.29, 1.82) is 0 Å². The number of oxazole rings is 1. The van der Waals surface area contributed by atoms with E-state index in [1.165, 1.54) is 12.3 Å². The summed E-state index contributed by atoms with van der Waals surface area (Å²) >= 11 is 0. The van der Waals surface area contributed by atoms with Gasteiger partial charge >= 0.3 is 0 Å². The second-order valence-electron chi connectivity index (χ2n) is 3.63. The van der Waals surface area contributed by atoms with Gasteiger partial charge < -0.3 is 9.52 Å². The highest BCUT2D eigenvalue weighted by Crippen LogP contribution is 2.25. The normalized spacial score (nSPS) is 12.7. The molecule has 2 rings (SSSR count). The van der Waals surface area contributed by atoms with E-state index in [9.17, 15) is 4.39 Å². The number of benzene rings is 1. The molecular formula is C12H12FNO2. The minimum Gasteiger partial charge on any atom is -0.441 e. The van der Waals surface area contributed by atoms with E-state index >= 15 is 0 Å². The van der Waals surface area contributed by atoms with Crippen LogP contribution < -0.4 is 0 Å². The van der Waals surface area contributed by atoms with Gasteiger partial charge in [0.25, 0.3) is 0 Å². The van der Waals surface area contributed by atoms with Gasteiger partial charge in [0.05, 0.1) is 18.4 Å². The van der Waals surface area contributed by atoms with E-state index in [1.54, 1.807) is 18.2 Å². The summed E-state index contributed by atoms with van der Waals surface area (Å²) < 4.78 is 18.8. The van der Waals surface area contributed by atoms with E-state index in [0.717, 1.165) is 0 Å². The molecule has 0 saturated carbocycles. The number of halogens is 1. The first-order valence-corrected chi connectivity index (χ1v) is 5.04. The number of hydrogen-bond donors (Lipinski definition) is 1. The summed E-state index contributed by atoms with van der Waals surface area (Å²) in [5.41, 5.74) is 0.332. The summed E-state index contributed by atoms with van der Waals surface area (Å²) in [5, 5.41) is 8.96. The van der Waals surface area contributed by atoms with Crippen LogP contribution in [-0.2, 0) is 0 Å². The van der Waals surface area contributed by atoms with Crippen molar-refractivity contribution < 1.29 is 13.9 Å². The maximum absolute atomic E-state index is 13.4. The van der Waals surface area contributed by atoms with Crippen molar-refractivity contribution in [3.8, 4) is 11.5 Å². The van der Waals surface area contributed by atoms with Gasteiger partial charge in [-0.3, -0.25) is 0 Å². The molecule has 1 N–H and O–H groups in total. The molecule has 0 aliphatic rings. The fraction of sp³-hybridized carbons (Fsp3) is 0.250. The molecule has 1 heterocycles. The Bertz CT molecular complexity index is 481. The predicted octanol–water partition coefficient (Wildman–Crippen LogP) is 2.58. The molecule has 0 bridgehead atoms. The second-order valence-corrected chi connectivity index (χ2v) is 3.63. The lowest BCUT2D eigenvalue weighted by Crippen LogP contribution is -1.96. The molecule has 0 fully saturated rings. The third-order valence-corrected chi connectivity index (χ3v) is 2.39. The Balaban J connectivity index is 2.35. The van der Waals surface area contributed by atoms with Crippen molar-refractivity contribution >= 4 is 0 Å². The van der Waals surface area contributed by atoms with Crippen LogP contribution in [-0.4, -0.2) is 16.7 Å². The monoisotopic (exact) mass is 221 g/mol. The van der Waals surface area contributed by atoms with Gasteiger partial charge in [0.2, 0.25) is 5.89 Å². The van der Waals surface area contributed by atoms with E-state index in [4.69, 9.17) is 9.52 Å². The third-order valence-electron chi connectivity index (χ3n) is 2.39. The van der Waals surface area contributed by atoms with Crippen LogP contribution in [0.25, 0.3) is 11.5 Å². The third kappa shape index (κ3) is 1.97. The standard InChI is InChI=1S/C12H12FNO2/c1-8(7-15)11-6-14-12(16-11)9-4-2-3-5-10(9)13/h2-6,8,15H,7H2,1H3. The van der Waals surface area contributed by atoms with Crippen LogP contribution in [0.1, 0.15) is 18.6 Å². The molecule has 16 heavy (non-hydrogen) atoms. The molecule has 1 unspecified atom stereocenters. The van der Waals surface area contributed by atoms with Gasteiger partial charge in [-0.1, -0.05) is 19.1 Å². The van der Waals surface area contributed by atoms with E-state index in [0.29, 0.717) is 11.3 Å². The van der Waals surface area contributed by atoms with Crippen LogP contribution in [0.5, 0.6) is 0 Å². The zero-order chi connectivity index (χ0) is 11.5. The van der Waals surface area contributed by atoms with Crippen LogP contribution in [0.2, 0.25) is 0 Å². The van der Waals surface area contributed by atoms with Gasteiger partial charge in [-0.25, -0.2) is 9.37 Å². The van der Waals surface area contributed by atoms with Gasteiger partial charge in [-0.2, -0.15) is 0 Å². The van der Waals surface area contributed by atoms with Crippen molar-refractivity contribution in [3.05, 3.63) is 42.0 Å². The molecular weight excluding hydrogens is 209 g/mol. The van der Waals surface area contributed by atoms with Crippen LogP contribution in [0.3, 0.4) is 0 Å². The number of hydrogen-bond acceptors (Lipinski definition) is 3. The fourth-order valence-electron chi connectivity index (χ4n) is 1.36. The lowest BCUT2D eigenvalue weighted by molar-refractivity contribution is 0.258. The fourth-order valence-corrected chi connectivity index (χ4v) is 1.36. The number of rotatable bonds is 3. The minimum atomic E-state index is -0.368. The molecule has 1 aromatic heterocycles. The van der Waals surface area contributed by atoms with Crippen molar-refractivity contribution in [2.45, 2.75) is 12.8 Å². The van der Waals surface area contributed by atoms with Crippen LogP contribution >= 0.6 is 0 Å². The molecule has 3 nitrogen and oxygen atoms in total. The van der Waals surface area contributed by atoms with E-state index in [1.807, 2.05) is 6.92 Å². The highest BCUT2D eigenvalue weighted by atomic mass is 19.1. The lowest BCUT2D eigenvalue weighted by Gasteiger charge is -2.01. The highest BCUT2D eigenvalue weighted by molar-refractivity contribution is 5.53. The molecule has 0 radical (unpaired) electrons. The number of aromatic nitrogens is 1. The summed E-state index contributed by atoms with van der Waals surface area (Å²) in [6.07, 6.45) is 1.52. The maximum atomic E-state index is 13.4. The average Bonchev–Trinajstić information content (AvgIpc) is 2.78. The van der Waals surface area contributed by atoms with Crippen molar-refractivity contribution in [2.75, 3.05) is 6.61 Å². The summed E-state index contributed by atoms with van der Waals surface area (Å²) in [5.74, 6) is 0.301. The SMILES string of the molecule is CC(CO)c1cnc(-c2ccccc2F)o1. The van der Waals surface area contributed by atoms with E-state index < -0.39 is 0 Å². The largest absolute Gasteiger partial charge is 0.441 e. The van der Waals surface area contributed by atoms with Gasteiger partial charge in [0.1, 0.15) is 11.6 Å². The molecule has 0 amide bonds. The zero-order valence-electron chi connectivity index (χ0n) is 8.85. The Morgan fingerprint density at radius 1 is 1.44 bits per heavy atom. The maximum Gasteiger partial charge on any atom is 0.229 e. The Hall–Kier alpha value is -1.68. The quantitative estimate of drug-likeness (QED) is 0.866. The van der Waals surface area contributed by atoms with Gasteiger partial charge in [-0.15, -0.1) is 0 Å². The zero-order valence-corrected chi connectivity index (χ0v) is 8.85. The average molecular weight is 221 g/mol. The Morgan fingerprint density at radius 3 is 2.88 bits per heavy atom. The number of aliphatic hydroxyl groups excluding tert-OH is 1. The molecule has 0 aliphatic heterocycles. The first-order chi connectivity index (χ1) is 7.72. The van der Waals surface area contributed by atoms with Crippen LogP contribution in [0.15, 0.2) is 34.9 Å². The number of nitrogens with zero attached hydrogens (tertiary/aromatic N) is 1. The molecule has 1 aromatic carbocycles. The Morgan fingerprint density at radius 2 is 2.19 bits per heavy atom. The summed E-state index contributed by atoms with van der Waals surface area (Å²) in [6, 6.07) is 6.29. The van der Waals surface area contributed by atoms with E-state index in [2.05, 4.69) is 4.98 Å². The summed E-state index contributed by atoms with van der Waals surface area (Å²) in [7, 11) is 0. The van der Waals surface area contributed by atoms with Crippen molar-refractivity contribution in [1.82, 2.24) is 4.98 Å². The topological polar surface area (TPSA) is 46.3 Å². The second kappa shape index (κ2) is 4.45. The minimum absolute atomic E-state index is 0.0219. The number of aliphatic hydroxyl groups is 1. The molecule has 4 heteroatoms. The van der Waals surface area contributed by atoms with Gasteiger partial charge in [-0.05, 0) is 12.1 Å². The first kappa shape index (κ1) is 10.8. The van der Waals surface area contributed by atoms with Crippen LogP contribution in [0.4, 0.5) is 4.39 Å². The molecule has 0 spiro atoms. The Labute approximate surface area is 92.6 Å². The molecule has 0 aliphatic carbocycles. The van der Waals surface area contributed by atoms with E-state index in [-0.39, 0.29) is 24.2 Å². The predicted molar refractivity (Wildman–Crippen MR) is 57.4 cm³/mol. The first-order valence-electron chi connectivity index (χ1n) is 5.04. The summed E-state index contributed by atoms with van der Waals surface area (Å²) in [4.78, 5) is 4.00. The molecule has 84 valence electrons. The smallest absolute Gasteiger partial charge is 0.229 e. The summed E-state index contributed by atoms with van der Waals surface area (Å²) in [6.45, 7) is 1.79. The molecule has 0 saturated heterocycles. The van der Waals surface area contributed by atoms with Crippen molar-refractivity contribution in [2.24, 2.45) is 0 Å². The molecule has 2 aromatic rings. The molecule has 1 atom stereocenters. The van der Waals surface area contributed by atoms with Crippen molar-refractivity contribution in [3.63, 3.8) is 0 Å². The Kier molecular flexibility index (Phi) is 3.01.